The number of hydrogen-bond acceptors (Lipinski definition) is 4. The van der Waals surface area contributed by atoms with Crippen molar-refractivity contribution in [3.8, 4) is 0 Å². The Bertz CT molecular complexity index is 566. The van der Waals surface area contributed by atoms with Gasteiger partial charge in [-0.3, -0.25) is 0 Å². The maximum Gasteiger partial charge on any atom is 0.373 e. The molecule has 17 heavy (non-hydrogen) atoms. The minimum Gasteiger partial charge on any atom is -0.475 e. The number of aromatic carboxylic acids is 1. The smallest absolute Gasteiger partial charge is 0.373 e. The Balaban J connectivity index is 2.25. The fourth-order valence-electron chi connectivity index (χ4n) is 1.34. The molecule has 2 rings (SSSR count). The van der Waals surface area contributed by atoms with E-state index in [1.165, 1.54) is 25.1 Å². The number of nitrogens with zero attached hydrogens (tertiary/aromatic N) is 1. The minimum atomic E-state index is -1.19. The first kappa shape index (κ1) is 11.1. The Morgan fingerprint density at radius 3 is 2.88 bits per heavy atom. The molecule has 2 aromatic rings. The molecule has 0 saturated heterocycles. The van der Waals surface area contributed by atoms with Crippen molar-refractivity contribution in [3.63, 3.8) is 0 Å². The molecule has 0 aliphatic rings. The van der Waals surface area contributed by atoms with Crippen LogP contribution in [0.1, 0.15) is 16.2 Å². The van der Waals surface area contributed by atoms with Crippen molar-refractivity contribution < 1.29 is 18.7 Å². The molecule has 0 spiro atoms. The van der Waals surface area contributed by atoms with E-state index in [0.29, 0.717) is 5.69 Å². The monoisotopic (exact) mass is 236 g/mol. The Morgan fingerprint density at radius 1 is 1.53 bits per heavy atom. The Labute approximate surface area is 95.9 Å². The summed E-state index contributed by atoms with van der Waals surface area (Å²) in [6.45, 7) is 1.52. The summed E-state index contributed by atoms with van der Waals surface area (Å²) in [6.07, 6.45) is 0. The standard InChI is InChI=1S/C11H9FN2O3/c1-6-9(10(15)16)17-11(13-6)14-8-4-2-3-7(12)5-8/h2-5H,1H3,(H,13,14)(H,15,16). The highest BCUT2D eigenvalue weighted by Crippen LogP contribution is 2.19. The van der Waals surface area contributed by atoms with E-state index >= 15 is 0 Å². The zero-order valence-corrected chi connectivity index (χ0v) is 8.90. The summed E-state index contributed by atoms with van der Waals surface area (Å²) in [6, 6.07) is 5.70. The molecule has 6 heteroatoms. The quantitative estimate of drug-likeness (QED) is 0.856. The van der Waals surface area contributed by atoms with Gasteiger partial charge in [0.05, 0.1) is 5.69 Å². The maximum atomic E-state index is 12.9. The maximum absolute atomic E-state index is 12.9. The Morgan fingerprint density at radius 2 is 2.29 bits per heavy atom. The van der Waals surface area contributed by atoms with Gasteiger partial charge in [0, 0.05) is 5.69 Å². The summed E-state index contributed by atoms with van der Waals surface area (Å²) in [7, 11) is 0. The van der Waals surface area contributed by atoms with E-state index in [1.807, 2.05) is 0 Å². The molecular weight excluding hydrogens is 227 g/mol. The van der Waals surface area contributed by atoms with Crippen LogP contribution in [-0.2, 0) is 0 Å². The van der Waals surface area contributed by atoms with Gasteiger partial charge in [0.25, 0.3) is 6.01 Å². The average Bonchev–Trinajstić information content (AvgIpc) is 2.59. The summed E-state index contributed by atoms with van der Waals surface area (Å²) in [5.41, 5.74) is 0.694. The number of carboxylic acids is 1. The lowest BCUT2D eigenvalue weighted by atomic mass is 10.3. The van der Waals surface area contributed by atoms with Gasteiger partial charge in [-0.15, -0.1) is 0 Å². The van der Waals surface area contributed by atoms with E-state index in [9.17, 15) is 9.18 Å². The molecule has 1 aromatic carbocycles. The minimum absolute atomic E-state index is 0.0190. The van der Waals surface area contributed by atoms with Gasteiger partial charge in [-0.1, -0.05) is 6.07 Å². The van der Waals surface area contributed by atoms with Crippen molar-refractivity contribution >= 4 is 17.7 Å². The summed E-state index contributed by atoms with van der Waals surface area (Å²) in [5.74, 6) is -1.83. The van der Waals surface area contributed by atoms with Crippen molar-refractivity contribution in [1.82, 2.24) is 4.98 Å². The van der Waals surface area contributed by atoms with Gasteiger partial charge in [0.15, 0.2) is 0 Å². The predicted octanol–water partition coefficient (Wildman–Crippen LogP) is 2.56. The van der Waals surface area contributed by atoms with Crippen LogP contribution in [0.5, 0.6) is 0 Å². The van der Waals surface area contributed by atoms with Crippen LogP contribution < -0.4 is 5.32 Å². The second-order valence-electron chi connectivity index (χ2n) is 3.37. The first-order chi connectivity index (χ1) is 8.06. The van der Waals surface area contributed by atoms with Crippen LogP contribution in [0.25, 0.3) is 0 Å². The van der Waals surface area contributed by atoms with Crippen LogP contribution in [0.4, 0.5) is 16.1 Å². The van der Waals surface area contributed by atoms with E-state index in [1.54, 1.807) is 6.07 Å². The number of benzene rings is 1. The fraction of sp³-hybridized carbons (Fsp3) is 0.0909. The third-order valence-electron chi connectivity index (χ3n) is 2.07. The lowest BCUT2D eigenvalue weighted by Crippen LogP contribution is -1.95. The predicted molar refractivity (Wildman–Crippen MR) is 57.9 cm³/mol. The third kappa shape index (κ3) is 2.41. The Hall–Kier alpha value is -2.37. The second-order valence-corrected chi connectivity index (χ2v) is 3.37. The topological polar surface area (TPSA) is 75.4 Å². The van der Waals surface area contributed by atoms with Gasteiger partial charge in [-0.2, -0.15) is 4.98 Å². The average molecular weight is 236 g/mol. The first-order valence-electron chi connectivity index (χ1n) is 4.79. The van der Waals surface area contributed by atoms with E-state index in [0.717, 1.165) is 0 Å². The van der Waals surface area contributed by atoms with Gasteiger partial charge in [-0.25, -0.2) is 9.18 Å². The number of carbonyl (C=O) groups is 1. The highest BCUT2D eigenvalue weighted by Gasteiger charge is 2.16. The van der Waals surface area contributed by atoms with E-state index in [4.69, 9.17) is 9.52 Å². The molecule has 0 aliphatic carbocycles. The van der Waals surface area contributed by atoms with Crippen LogP contribution in [0, 0.1) is 12.7 Å². The van der Waals surface area contributed by atoms with Crippen molar-refractivity contribution in [2.75, 3.05) is 5.32 Å². The molecule has 5 nitrogen and oxygen atoms in total. The van der Waals surface area contributed by atoms with Crippen LogP contribution in [0.3, 0.4) is 0 Å². The number of oxazole rings is 1. The zero-order chi connectivity index (χ0) is 12.4. The lowest BCUT2D eigenvalue weighted by Gasteiger charge is -2.00. The highest BCUT2D eigenvalue weighted by atomic mass is 19.1. The summed E-state index contributed by atoms with van der Waals surface area (Å²) < 4.78 is 17.9. The summed E-state index contributed by atoms with van der Waals surface area (Å²) in [5, 5.41) is 11.4. The number of hydrogen-bond donors (Lipinski definition) is 2. The van der Waals surface area contributed by atoms with Crippen LogP contribution in [-0.4, -0.2) is 16.1 Å². The fourth-order valence-corrected chi connectivity index (χ4v) is 1.34. The second kappa shape index (κ2) is 4.25. The molecule has 0 bridgehead atoms. The molecule has 0 saturated carbocycles. The van der Waals surface area contributed by atoms with Crippen LogP contribution in [0.15, 0.2) is 28.7 Å². The van der Waals surface area contributed by atoms with Crippen molar-refractivity contribution in [2.45, 2.75) is 6.92 Å². The highest BCUT2D eigenvalue weighted by molar-refractivity contribution is 5.85. The number of rotatable bonds is 3. The molecule has 0 atom stereocenters. The number of aromatic nitrogens is 1. The lowest BCUT2D eigenvalue weighted by molar-refractivity contribution is 0.0662. The molecule has 1 aromatic heterocycles. The third-order valence-corrected chi connectivity index (χ3v) is 2.07. The van der Waals surface area contributed by atoms with Crippen molar-refractivity contribution in [3.05, 3.63) is 41.5 Å². The normalized spacial score (nSPS) is 10.2. The molecule has 1 heterocycles. The van der Waals surface area contributed by atoms with E-state index in [2.05, 4.69) is 10.3 Å². The number of carboxylic acid groups (broad SMARTS) is 1. The summed E-state index contributed by atoms with van der Waals surface area (Å²) >= 11 is 0. The van der Waals surface area contributed by atoms with Gasteiger partial charge in [-0.05, 0) is 25.1 Å². The van der Waals surface area contributed by atoms with Gasteiger partial charge < -0.3 is 14.8 Å². The van der Waals surface area contributed by atoms with Crippen LogP contribution in [0.2, 0.25) is 0 Å². The van der Waals surface area contributed by atoms with Crippen LogP contribution >= 0.6 is 0 Å². The SMILES string of the molecule is Cc1nc(Nc2cccc(F)c2)oc1C(=O)O. The zero-order valence-electron chi connectivity index (χ0n) is 8.90. The van der Waals surface area contributed by atoms with Crippen molar-refractivity contribution in [2.24, 2.45) is 0 Å². The van der Waals surface area contributed by atoms with Gasteiger partial charge in [0.2, 0.25) is 5.76 Å². The molecule has 0 fully saturated rings. The number of aryl methyl sites for hydroxylation is 1. The number of halogens is 1. The van der Waals surface area contributed by atoms with E-state index < -0.39 is 11.8 Å². The molecule has 0 aliphatic heterocycles. The number of anilines is 2. The van der Waals surface area contributed by atoms with Crippen molar-refractivity contribution in [1.29, 1.82) is 0 Å². The number of nitrogens with one attached hydrogen (secondary N) is 1. The first-order valence-corrected chi connectivity index (χ1v) is 4.79. The molecule has 0 unspecified atom stereocenters. The molecule has 0 radical (unpaired) electrons. The summed E-state index contributed by atoms with van der Waals surface area (Å²) in [4.78, 5) is 14.6. The molecule has 88 valence electrons. The molecule has 0 amide bonds. The molecular formula is C11H9FN2O3. The van der Waals surface area contributed by atoms with Gasteiger partial charge in [0.1, 0.15) is 5.82 Å². The largest absolute Gasteiger partial charge is 0.475 e. The van der Waals surface area contributed by atoms with E-state index in [-0.39, 0.29) is 17.5 Å². The Kier molecular flexibility index (Phi) is 2.78. The molecule has 2 N–H and O–H groups in total. The van der Waals surface area contributed by atoms with Gasteiger partial charge >= 0.3 is 5.97 Å².